The van der Waals surface area contributed by atoms with E-state index < -0.39 is 16.1 Å². The van der Waals surface area contributed by atoms with Crippen LogP contribution in [0.1, 0.15) is 23.6 Å². The molecule has 18 heavy (non-hydrogen) atoms. The zero-order valence-electron chi connectivity index (χ0n) is 9.81. The van der Waals surface area contributed by atoms with Gasteiger partial charge in [0.25, 0.3) is 0 Å². The first-order chi connectivity index (χ1) is 8.40. The lowest BCUT2D eigenvalue weighted by Crippen LogP contribution is -2.26. The van der Waals surface area contributed by atoms with Gasteiger partial charge in [0.2, 0.25) is 10.0 Å². The number of thiophene rings is 1. The summed E-state index contributed by atoms with van der Waals surface area (Å²) in [5.41, 5.74) is 0. The number of nitrogens with one attached hydrogen (secondary N) is 1. The first-order valence-electron chi connectivity index (χ1n) is 5.22. The van der Waals surface area contributed by atoms with E-state index in [0.717, 1.165) is 8.66 Å². The summed E-state index contributed by atoms with van der Waals surface area (Å²) in [4.78, 5) is 1.05. The summed E-state index contributed by atoms with van der Waals surface area (Å²) in [7, 11) is -3.52. The van der Waals surface area contributed by atoms with Gasteiger partial charge in [-0.15, -0.1) is 11.3 Å². The van der Waals surface area contributed by atoms with Crippen LogP contribution < -0.4 is 4.72 Å². The van der Waals surface area contributed by atoms with Crippen molar-refractivity contribution in [2.24, 2.45) is 0 Å². The topological polar surface area (TPSA) is 59.3 Å². The van der Waals surface area contributed by atoms with Gasteiger partial charge < -0.3 is 4.42 Å². The van der Waals surface area contributed by atoms with Crippen LogP contribution >= 0.6 is 27.3 Å². The minimum Gasteiger partial charge on any atom is -0.468 e. The van der Waals surface area contributed by atoms with Crippen LogP contribution in [0.3, 0.4) is 0 Å². The maximum atomic E-state index is 12.2. The number of aryl methyl sites for hydroxylation is 1. The Morgan fingerprint density at radius 2 is 2.22 bits per heavy atom. The molecule has 7 heteroatoms. The number of halogens is 1. The lowest BCUT2D eigenvalue weighted by Gasteiger charge is -2.11. The Labute approximate surface area is 118 Å². The van der Waals surface area contributed by atoms with E-state index in [0.29, 0.717) is 10.7 Å². The van der Waals surface area contributed by atoms with Gasteiger partial charge in [-0.05, 0) is 48.0 Å². The van der Waals surface area contributed by atoms with Crippen molar-refractivity contribution in [3.8, 4) is 0 Å². The van der Waals surface area contributed by atoms with Crippen molar-refractivity contribution < 1.29 is 12.8 Å². The van der Waals surface area contributed by atoms with Gasteiger partial charge in [-0.1, -0.05) is 0 Å². The fourth-order valence-corrected chi connectivity index (χ4v) is 5.22. The SMILES string of the molecule is Cc1sc(Br)cc1S(=O)(=O)NC(C)c1ccco1. The molecule has 0 amide bonds. The zero-order valence-corrected chi connectivity index (χ0v) is 13.0. The molecule has 4 nitrogen and oxygen atoms in total. The van der Waals surface area contributed by atoms with Crippen molar-refractivity contribution in [3.05, 3.63) is 38.9 Å². The Morgan fingerprint density at radius 3 is 2.72 bits per heavy atom. The monoisotopic (exact) mass is 349 g/mol. The van der Waals surface area contributed by atoms with Crippen LogP contribution in [0.4, 0.5) is 0 Å². The number of sulfonamides is 1. The summed E-state index contributed by atoms with van der Waals surface area (Å²) >= 11 is 4.68. The summed E-state index contributed by atoms with van der Waals surface area (Å²) < 4.78 is 33.0. The molecule has 2 aromatic rings. The van der Waals surface area contributed by atoms with Crippen LogP contribution in [0.2, 0.25) is 0 Å². The van der Waals surface area contributed by atoms with E-state index >= 15 is 0 Å². The second kappa shape index (κ2) is 5.16. The molecule has 0 aliphatic rings. The van der Waals surface area contributed by atoms with Crippen LogP contribution in [0.15, 0.2) is 37.6 Å². The van der Waals surface area contributed by atoms with Crippen molar-refractivity contribution in [2.45, 2.75) is 24.8 Å². The molecule has 0 aliphatic carbocycles. The normalized spacial score (nSPS) is 13.7. The van der Waals surface area contributed by atoms with Crippen LogP contribution in [-0.2, 0) is 10.0 Å². The third kappa shape index (κ3) is 2.85. The van der Waals surface area contributed by atoms with E-state index in [4.69, 9.17) is 4.42 Å². The van der Waals surface area contributed by atoms with Gasteiger partial charge in [0.1, 0.15) is 5.76 Å². The average molecular weight is 350 g/mol. The highest BCUT2D eigenvalue weighted by atomic mass is 79.9. The molecule has 0 saturated carbocycles. The van der Waals surface area contributed by atoms with Crippen LogP contribution in [0.25, 0.3) is 0 Å². The Morgan fingerprint density at radius 1 is 1.50 bits per heavy atom. The van der Waals surface area contributed by atoms with Crippen LogP contribution in [0.5, 0.6) is 0 Å². The fourth-order valence-electron chi connectivity index (χ4n) is 1.59. The quantitative estimate of drug-likeness (QED) is 0.919. The van der Waals surface area contributed by atoms with E-state index in [-0.39, 0.29) is 0 Å². The molecule has 2 heterocycles. The molecule has 0 aromatic carbocycles. The third-order valence-electron chi connectivity index (χ3n) is 2.43. The standard InChI is InChI=1S/C11H12BrNO3S2/c1-7(9-4-3-5-16-9)13-18(14,15)10-6-11(12)17-8(10)2/h3-7,13H,1-2H3. The predicted molar refractivity (Wildman–Crippen MR) is 74.2 cm³/mol. The second-order valence-corrected chi connectivity index (χ2v) is 8.15. The van der Waals surface area contributed by atoms with E-state index in [9.17, 15) is 8.42 Å². The van der Waals surface area contributed by atoms with Crippen molar-refractivity contribution in [1.82, 2.24) is 4.72 Å². The minimum absolute atomic E-state index is 0.304. The Balaban J connectivity index is 2.25. The molecule has 1 unspecified atom stereocenters. The molecule has 0 aliphatic heterocycles. The Hall–Kier alpha value is -0.630. The molecule has 0 radical (unpaired) electrons. The molecule has 2 aromatic heterocycles. The molecule has 1 N–H and O–H groups in total. The summed E-state index contributed by atoms with van der Waals surface area (Å²) in [6.07, 6.45) is 1.52. The molecule has 0 spiro atoms. The van der Waals surface area contributed by atoms with Gasteiger partial charge in [0, 0.05) is 4.88 Å². The zero-order chi connectivity index (χ0) is 13.3. The highest BCUT2D eigenvalue weighted by molar-refractivity contribution is 9.11. The molecule has 1 atom stereocenters. The molecular formula is C11H12BrNO3S2. The van der Waals surface area contributed by atoms with Crippen LogP contribution in [-0.4, -0.2) is 8.42 Å². The van der Waals surface area contributed by atoms with Gasteiger partial charge in [-0.2, -0.15) is 0 Å². The molecule has 98 valence electrons. The number of hydrogen-bond donors (Lipinski definition) is 1. The van der Waals surface area contributed by atoms with Gasteiger partial charge >= 0.3 is 0 Å². The largest absolute Gasteiger partial charge is 0.468 e. The lowest BCUT2D eigenvalue weighted by atomic mass is 10.3. The second-order valence-electron chi connectivity index (χ2n) is 3.83. The van der Waals surface area contributed by atoms with E-state index in [1.54, 1.807) is 32.0 Å². The van der Waals surface area contributed by atoms with Crippen molar-refractivity contribution in [1.29, 1.82) is 0 Å². The molecule has 0 fully saturated rings. The van der Waals surface area contributed by atoms with Crippen molar-refractivity contribution in [3.63, 3.8) is 0 Å². The van der Waals surface area contributed by atoms with Gasteiger partial charge in [0.05, 0.1) is 21.0 Å². The van der Waals surface area contributed by atoms with Gasteiger partial charge in [-0.25, -0.2) is 13.1 Å². The van der Waals surface area contributed by atoms with E-state index in [1.807, 2.05) is 0 Å². The summed E-state index contributed by atoms with van der Waals surface area (Å²) in [6.45, 7) is 3.52. The summed E-state index contributed by atoms with van der Waals surface area (Å²) in [6, 6.07) is 4.68. The molecule has 0 bridgehead atoms. The van der Waals surface area contributed by atoms with E-state index in [1.165, 1.54) is 17.6 Å². The number of furan rings is 1. The Kier molecular flexibility index (Phi) is 3.96. The molecule has 2 rings (SSSR count). The van der Waals surface area contributed by atoms with Crippen LogP contribution in [0, 0.1) is 6.92 Å². The average Bonchev–Trinajstić information content (AvgIpc) is 2.86. The molecule has 0 saturated heterocycles. The summed E-state index contributed by atoms with van der Waals surface area (Å²) in [5, 5.41) is 0. The smallest absolute Gasteiger partial charge is 0.242 e. The van der Waals surface area contributed by atoms with Crippen molar-refractivity contribution in [2.75, 3.05) is 0 Å². The first-order valence-corrected chi connectivity index (χ1v) is 8.31. The Bertz CT molecular complexity index is 631. The highest BCUT2D eigenvalue weighted by Gasteiger charge is 2.23. The maximum absolute atomic E-state index is 12.2. The fraction of sp³-hybridized carbons (Fsp3) is 0.273. The van der Waals surface area contributed by atoms with Crippen molar-refractivity contribution >= 4 is 37.3 Å². The maximum Gasteiger partial charge on any atom is 0.242 e. The predicted octanol–water partition coefficient (Wildman–Crippen LogP) is 3.45. The lowest BCUT2D eigenvalue weighted by molar-refractivity contribution is 0.459. The molecular weight excluding hydrogens is 338 g/mol. The van der Waals surface area contributed by atoms with Gasteiger partial charge in [0.15, 0.2) is 0 Å². The number of hydrogen-bond acceptors (Lipinski definition) is 4. The number of rotatable bonds is 4. The van der Waals surface area contributed by atoms with Gasteiger partial charge in [-0.3, -0.25) is 0 Å². The highest BCUT2D eigenvalue weighted by Crippen LogP contribution is 2.30. The minimum atomic E-state index is -3.52. The first kappa shape index (κ1) is 13.8. The summed E-state index contributed by atoms with van der Waals surface area (Å²) in [5.74, 6) is 0.588. The van der Waals surface area contributed by atoms with E-state index in [2.05, 4.69) is 20.7 Å². The third-order valence-corrected chi connectivity index (χ3v) is 5.78.